The molecular weight excluding hydrogens is 317 g/mol. The molecular formula is C21H16FNO2. The number of benzene rings is 3. The minimum absolute atomic E-state index is 0.0982. The maximum Gasteiger partial charge on any atom is 0.251 e. The summed E-state index contributed by atoms with van der Waals surface area (Å²) in [6.07, 6.45) is 0. The van der Waals surface area contributed by atoms with Crippen LogP contribution in [0.1, 0.15) is 31.8 Å². The minimum Gasteiger partial charge on any atom is -0.348 e. The van der Waals surface area contributed by atoms with Crippen LogP contribution in [0.4, 0.5) is 4.39 Å². The quantitative estimate of drug-likeness (QED) is 0.718. The van der Waals surface area contributed by atoms with Crippen LogP contribution in [-0.4, -0.2) is 11.7 Å². The van der Waals surface area contributed by atoms with E-state index in [4.69, 9.17) is 0 Å². The lowest BCUT2D eigenvalue weighted by molar-refractivity contribution is 0.0949. The zero-order valence-corrected chi connectivity index (χ0v) is 13.4. The summed E-state index contributed by atoms with van der Waals surface area (Å²) in [4.78, 5) is 24.5. The molecule has 3 nitrogen and oxygen atoms in total. The van der Waals surface area contributed by atoms with Crippen LogP contribution >= 0.6 is 0 Å². The molecule has 0 radical (unpaired) electrons. The third kappa shape index (κ3) is 3.98. The highest BCUT2D eigenvalue weighted by Crippen LogP contribution is 2.12. The molecule has 0 aromatic heterocycles. The molecule has 3 aromatic rings. The van der Waals surface area contributed by atoms with Crippen LogP contribution in [0.2, 0.25) is 0 Å². The maximum atomic E-state index is 13.6. The summed E-state index contributed by atoms with van der Waals surface area (Å²) < 4.78 is 13.6. The second kappa shape index (κ2) is 7.53. The molecule has 0 bridgehead atoms. The highest BCUT2D eigenvalue weighted by Gasteiger charge is 2.11. The van der Waals surface area contributed by atoms with Gasteiger partial charge in [-0.2, -0.15) is 0 Å². The fourth-order valence-corrected chi connectivity index (χ4v) is 2.45. The fraction of sp³-hybridized carbons (Fsp3) is 0.0476. The number of ketones is 1. The van der Waals surface area contributed by atoms with Gasteiger partial charge in [0.15, 0.2) is 5.78 Å². The van der Waals surface area contributed by atoms with E-state index in [1.165, 1.54) is 6.07 Å². The molecule has 25 heavy (non-hydrogen) atoms. The third-order valence-corrected chi connectivity index (χ3v) is 3.84. The van der Waals surface area contributed by atoms with Crippen molar-refractivity contribution in [2.45, 2.75) is 6.54 Å². The van der Waals surface area contributed by atoms with Gasteiger partial charge in [0.25, 0.3) is 5.91 Å². The molecule has 0 saturated carbocycles. The van der Waals surface area contributed by atoms with Crippen molar-refractivity contribution in [3.05, 3.63) is 107 Å². The van der Waals surface area contributed by atoms with Crippen LogP contribution in [0.5, 0.6) is 0 Å². The van der Waals surface area contributed by atoms with Crippen molar-refractivity contribution in [1.82, 2.24) is 5.32 Å². The first-order chi connectivity index (χ1) is 12.1. The molecule has 0 fully saturated rings. The second-order valence-corrected chi connectivity index (χ2v) is 5.55. The average molecular weight is 333 g/mol. The van der Waals surface area contributed by atoms with Crippen LogP contribution < -0.4 is 5.32 Å². The number of rotatable bonds is 5. The van der Waals surface area contributed by atoms with Gasteiger partial charge in [0.1, 0.15) is 5.82 Å². The highest BCUT2D eigenvalue weighted by atomic mass is 19.1. The SMILES string of the molecule is O=C(NCc1ccccc1F)c1ccc(C(=O)c2ccccc2)cc1. The first-order valence-electron chi connectivity index (χ1n) is 7.86. The number of hydrogen-bond donors (Lipinski definition) is 1. The first kappa shape index (κ1) is 16.6. The van der Waals surface area contributed by atoms with Crippen molar-refractivity contribution >= 4 is 11.7 Å². The van der Waals surface area contributed by atoms with Gasteiger partial charge in [-0.1, -0.05) is 60.7 Å². The summed E-state index contributed by atoms with van der Waals surface area (Å²) in [5, 5.41) is 2.67. The standard InChI is InChI=1S/C21H16FNO2/c22-19-9-5-4-8-18(19)14-23-21(25)17-12-10-16(11-13-17)20(24)15-6-2-1-3-7-15/h1-13H,14H2,(H,23,25). The van der Waals surface area contributed by atoms with Crippen molar-refractivity contribution in [3.63, 3.8) is 0 Å². The number of carbonyl (C=O) groups is 2. The Morgan fingerprint density at radius 3 is 1.96 bits per heavy atom. The van der Waals surface area contributed by atoms with Crippen LogP contribution in [0.15, 0.2) is 78.9 Å². The number of halogens is 1. The predicted octanol–water partition coefficient (Wildman–Crippen LogP) is 3.99. The molecule has 1 N–H and O–H groups in total. The zero-order chi connectivity index (χ0) is 17.6. The monoisotopic (exact) mass is 333 g/mol. The Hall–Kier alpha value is -3.27. The van der Waals surface area contributed by atoms with E-state index in [9.17, 15) is 14.0 Å². The van der Waals surface area contributed by atoms with Crippen LogP contribution in [0.25, 0.3) is 0 Å². The smallest absolute Gasteiger partial charge is 0.251 e. The fourth-order valence-electron chi connectivity index (χ4n) is 2.45. The summed E-state index contributed by atoms with van der Waals surface area (Å²) >= 11 is 0. The van der Waals surface area contributed by atoms with Crippen LogP contribution in [0.3, 0.4) is 0 Å². The molecule has 4 heteroatoms. The summed E-state index contributed by atoms with van der Waals surface area (Å²) in [5.74, 6) is -0.771. The van der Waals surface area contributed by atoms with Crippen LogP contribution in [-0.2, 0) is 6.54 Å². The van der Waals surface area contributed by atoms with Gasteiger partial charge in [-0.15, -0.1) is 0 Å². The Morgan fingerprint density at radius 1 is 0.720 bits per heavy atom. The van der Waals surface area contributed by atoms with Gasteiger partial charge in [-0.05, 0) is 18.2 Å². The molecule has 0 aliphatic rings. The largest absolute Gasteiger partial charge is 0.348 e. The third-order valence-electron chi connectivity index (χ3n) is 3.84. The average Bonchev–Trinajstić information content (AvgIpc) is 2.67. The Morgan fingerprint density at radius 2 is 1.28 bits per heavy atom. The molecule has 3 aromatic carbocycles. The molecule has 0 unspecified atom stereocenters. The van der Waals surface area contributed by atoms with Gasteiger partial charge in [0.2, 0.25) is 0 Å². The lowest BCUT2D eigenvalue weighted by Gasteiger charge is -2.07. The van der Waals surface area contributed by atoms with Crippen molar-refractivity contribution < 1.29 is 14.0 Å². The molecule has 3 rings (SSSR count). The first-order valence-corrected chi connectivity index (χ1v) is 7.86. The number of carbonyl (C=O) groups excluding carboxylic acids is 2. The van der Waals surface area contributed by atoms with E-state index in [1.54, 1.807) is 66.7 Å². The molecule has 0 heterocycles. The number of amides is 1. The minimum atomic E-state index is -0.355. The normalized spacial score (nSPS) is 10.3. The topological polar surface area (TPSA) is 46.2 Å². The number of nitrogens with one attached hydrogen (secondary N) is 1. The van der Waals surface area contributed by atoms with E-state index in [2.05, 4.69) is 5.32 Å². The van der Waals surface area contributed by atoms with Gasteiger partial charge in [-0.3, -0.25) is 9.59 Å². The van der Waals surface area contributed by atoms with Gasteiger partial charge < -0.3 is 5.32 Å². The Kier molecular flexibility index (Phi) is 5.00. The molecule has 0 spiro atoms. The van der Waals surface area contributed by atoms with Crippen molar-refractivity contribution in [2.24, 2.45) is 0 Å². The zero-order valence-electron chi connectivity index (χ0n) is 13.4. The van der Waals surface area contributed by atoms with E-state index < -0.39 is 0 Å². The van der Waals surface area contributed by atoms with E-state index in [-0.39, 0.29) is 24.1 Å². The predicted molar refractivity (Wildman–Crippen MR) is 93.9 cm³/mol. The van der Waals surface area contributed by atoms with Crippen molar-refractivity contribution in [2.75, 3.05) is 0 Å². The molecule has 0 aliphatic heterocycles. The molecule has 1 amide bonds. The Balaban J connectivity index is 1.67. The van der Waals surface area contributed by atoms with E-state index >= 15 is 0 Å². The summed E-state index contributed by atoms with van der Waals surface area (Å²) in [5.41, 5.74) is 1.95. The van der Waals surface area contributed by atoms with Gasteiger partial charge >= 0.3 is 0 Å². The van der Waals surface area contributed by atoms with E-state index in [0.717, 1.165) is 0 Å². The summed E-state index contributed by atoms with van der Waals surface area (Å²) in [7, 11) is 0. The van der Waals surface area contributed by atoms with E-state index in [1.807, 2.05) is 6.07 Å². The van der Waals surface area contributed by atoms with Crippen LogP contribution in [0, 0.1) is 5.82 Å². The Labute approximate surface area is 145 Å². The highest BCUT2D eigenvalue weighted by molar-refractivity contribution is 6.09. The molecule has 0 aliphatic carbocycles. The maximum absolute atomic E-state index is 13.6. The summed E-state index contributed by atoms with van der Waals surface area (Å²) in [6.45, 7) is 0.107. The lowest BCUT2D eigenvalue weighted by atomic mass is 10.0. The Bertz CT molecular complexity index is 889. The van der Waals surface area contributed by atoms with E-state index in [0.29, 0.717) is 22.3 Å². The van der Waals surface area contributed by atoms with Gasteiger partial charge in [0.05, 0.1) is 0 Å². The molecule has 0 atom stereocenters. The van der Waals surface area contributed by atoms with Gasteiger partial charge in [0, 0.05) is 28.8 Å². The molecule has 124 valence electrons. The second-order valence-electron chi connectivity index (χ2n) is 5.55. The lowest BCUT2D eigenvalue weighted by Crippen LogP contribution is -2.23. The molecule has 0 saturated heterocycles. The van der Waals surface area contributed by atoms with Crippen molar-refractivity contribution in [3.8, 4) is 0 Å². The van der Waals surface area contributed by atoms with Gasteiger partial charge in [-0.25, -0.2) is 4.39 Å². The van der Waals surface area contributed by atoms with Crippen molar-refractivity contribution in [1.29, 1.82) is 0 Å². The summed E-state index contributed by atoms with van der Waals surface area (Å²) in [6, 6.07) is 21.7. The number of hydrogen-bond acceptors (Lipinski definition) is 2.